The minimum atomic E-state index is -1.07. The van der Waals surface area contributed by atoms with Gasteiger partial charge in [0.2, 0.25) is 11.8 Å². The second-order valence-corrected chi connectivity index (χ2v) is 7.28. The van der Waals surface area contributed by atoms with Crippen LogP contribution < -0.4 is 5.32 Å². The van der Waals surface area contributed by atoms with E-state index in [2.05, 4.69) is 34.5 Å². The molecule has 1 heterocycles. The van der Waals surface area contributed by atoms with Crippen molar-refractivity contribution in [2.75, 3.05) is 53.0 Å². The van der Waals surface area contributed by atoms with Gasteiger partial charge in [0.05, 0.1) is 6.61 Å². The Morgan fingerprint density at radius 3 is 2.44 bits per heavy atom. The normalized spacial score (nSPS) is 15.9. The van der Waals surface area contributed by atoms with Crippen LogP contribution in [0, 0.1) is 5.41 Å². The maximum absolute atomic E-state index is 12.8. The van der Waals surface area contributed by atoms with E-state index < -0.39 is 5.41 Å². The summed E-state index contributed by atoms with van der Waals surface area (Å²) in [5.41, 5.74) is 0.121. The van der Waals surface area contributed by atoms with Crippen LogP contribution in [0.5, 0.6) is 0 Å². The highest BCUT2D eigenvalue weighted by Gasteiger charge is 2.39. The molecule has 0 spiro atoms. The lowest BCUT2D eigenvalue weighted by atomic mass is 9.90. The minimum absolute atomic E-state index is 0.114. The van der Waals surface area contributed by atoms with E-state index in [1.165, 1.54) is 5.56 Å². The van der Waals surface area contributed by atoms with Crippen molar-refractivity contribution in [2.45, 2.75) is 13.8 Å². The molecule has 1 aromatic carbocycles. The molecule has 1 aromatic rings. The van der Waals surface area contributed by atoms with Gasteiger partial charge in [0.1, 0.15) is 5.41 Å². The van der Waals surface area contributed by atoms with Crippen LogP contribution in [0.25, 0.3) is 6.08 Å². The summed E-state index contributed by atoms with van der Waals surface area (Å²) < 4.78 is 4.93. The molecule has 0 aromatic heterocycles. The third kappa shape index (κ3) is 6.19. The summed E-state index contributed by atoms with van der Waals surface area (Å²) in [7, 11) is 1.58. The van der Waals surface area contributed by atoms with Crippen molar-refractivity contribution in [1.29, 1.82) is 0 Å². The van der Waals surface area contributed by atoms with Crippen LogP contribution in [0.1, 0.15) is 19.4 Å². The van der Waals surface area contributed by atoms with Crippen LogP contribution in [0.3, 0.4) is 0 Å². The van der Waals surface area contributed by atoms with E-state index in [1.54, 1.807) is 25.9 Å². The van der Waals surface area contributed by atoms with Gasteiger partial charge in [0.25, 0.3) is 0 Å². The van der Waals surface area contributed by atoms with Crippen molar-refractivity contribution in [3.8, 4) is 0 Å². The first-order valence-corrected chi connectivity index (χ1v) is 9.45. The summed E-state index contributed by atoms with van der Waals surface area (Å²) in [5.74, 6) is -0.366. The van der Waals surface area contributed by atoms with Gasteiger partial charge in [-0.2, -0.15) is 0 Å². The van der Waals surface area contributed by atoms with E-state index >= 15 is 0 Å². The Balaban J connectivity index is 1.79. The molecule has 1 N–H and O–H groups in total. The first kappa shape index (κ1) is 21.1. The average Bonchev–Trinajstić information content (AvgIpc) is 2.69. The van der Waals surface area contributed by atoms with Crippen LogP contribution in [-0.2, 0) is 14.3 Å². The van der Waals surface area contributed by atoms with Crippen molar-refractivity contribution < 1.29 is 14.3 Å². The van der Waals surface area contributed by atoms with Crippen LogP contribution >= 0.6 is 0 Å². The van der Waals surface area contributed by atoms with Crippen LogP contribution in [0.15, 0.2) is 36.4 Å². The van der Waals surface area contributed by atoms with Crippen molar-refractivity contribution >= 4 is 17.9 Å². The number of benzene rings is 1. The molecule has 0 radical (unpaired) electrons. The zero-order chi connectivity index (χ0) is 19.7. The zero-order valence-electron chi connectivity index (χ0n) is 16.6. The van der Waals surface area contributed by atoms with Gasteiger partial charge < -0.3 is 15.0 Å². The number of carbonyl (C=O) groups is 2. The Morgan fingerprint density at radius 1 is 1.15 bits per heavy atom. The summed E-state index contributed by atoms with van der Waals surface area (Å²) in [4.78, 5) is 29.2. The monoisotopic (exact) mass is 373 g/mol. The predicted octanol–water partition coefficient (Wildman–Crippen LogP) is 1.63. The molecule has 1 fully saturated rings. The molecule has 0 atom stereocenters. The molecule has 0 aliphatic carbocycles. The third-order valence-electron chi connectivity index (χ3n) is 4.83. The lowest BCUT2D eigenvalue weighted by Crippen LogP contribution is -2.55. The van der Waals surface area contributed by atoms with Crippen molar-refractivity contribution in [3.05, 3.63) is 42.0 Å². The van der Waals surface area contributed by atoms with E-state index in [1.807, 2.05) is 18.2 Å². The number of nitrogens with zero attached hydrogens (tertiary/aromatic N) is 2. The molecule has 1 aliphatic heterocycles. The second-order valence-electron chi connectivity index (χ2n) is 7.28. The molecule has 27 heavy (non-hydrogen) atoms. The van der Waals surface area contributed by atoms with Gasteiger partial charge in [-0.15, -0.1) is 0 Å². The molecule has 1 aliphatic rings. The highest BCUT2D eigenvalue weighted by atomic mass is 16.5. The summed E-state index contributed by atoms with van der Waals surface area (Å²) in [6, 6.07) is 10.2. The molecule has 6 nitrogen and oxygen atoms in total. The third-order valence-corrected chi connectivity index (χ3v) is 4.83. The van der Waals surface area contributed by atoms with Crippen LogP contribution in [0.2, 0.25) is 0 Å². The fourth-order valence-electron chi connectivity index (χ4n) is 3.02. The SMILES string of the molecule is COCCNC(=O)C(C)(C)C(=O)N1CCN(C/C=C/c2ccccc2)CC1. The maximum Gasteiger partial charge on any atom is 0.237 e. The Morgan fingerprint density at radius 2 is 1.81 bits per heavy atom. The second kappa shape index (κ2) is 10.2. The molecule has 1 saturated heterocycles. The zero-order valence-corrected chi connectivity index (χ0v) is 16.6. The molecule has 0 bridgehead atoms. The summed E-state index contributed by atoms with van der Waals surface area (Å²) >= 11 is 0. The van der Waals surface area contributed by atoms with E-state index in [4.69, 9.17) is 4.74 Å². The highest BCUT2D eigenvalue weighted by molar-refractivity contribution is 6.04. The summed E-state index contributed by atoms with van der Waals surface area (Å²) in [6.45, 7) is 7.99. The topological polar surface area (TPSA) is 61.9 Å². The Labute approximate surface area is 162 Å². The molecule has 0 saturated carbocycles. The molecule has 148 valence electrons. The number of methoxy groups -OCH3 is 1. The molecular weight excluding hydrogens is 342 g/mol. The standard InChI is InChI=1S/C21H31N3O3/c1-21(2,19(25)22-11-17-27-3)20(26)24-15-13-23(14-16-24)12-7-10-18-8-5-4-6-9-18/h4-10H,11-17H2,1-3H3,(H,22,25)/b10-7+. The Kier molecular flexibility index (Phi) is 8.00. The Bertz CT molecular complexity index is 635. The van der Waals surface area contributed by atoms with Crippen LogP contribution in [-0.4, -0.2) is 74.6 Å². The average molecular weight is 373 g/mol. The number of rotatable bonds is 8. The number of amides is 2. The van der Waals surface area contributed by atoms with Gasteiger partial charge in [-0.1, -0.05) is 42.5 Å². The van der Waals surface area contributed by atoms with Gasteiger partial charge in [-0.25, -0.2) is 0 Å². The largest absolute Gasteiger partial charge is 0.383 e. The molecule has 2 amide bonds. The lowest BCUT2D eigenvalue weighted by Gasteiger charge is -2.37. The molecular formula is C21H31N3O3. The van der Waals surface area contributed by atoms with Gasteiger partial charge >= 0.3 is 0 Å². The van der Waals surface area contributed by atoms with Gasteiger partial charge in [-0.05, 0) is 19.4 Å². The first-order chi connectivity index (χ1) is 12.9. The number of piperazine rings is 1. The first-order valence-electron chi connectivity index (χ1n) is 9.45. The van der Waals surface area contributed by atoms with E-state index in [9.17, 15) is 9.59 Å². The number of hydrogen-bond acceptors (Lipinski definition) is 4. The number of ether oxygens (including phenoxy) is 1. The van der Waals surface area contributed by atoms with E-state index in [0.29, 0.717) is 26.2 Å². The van der Waals surface area contributed by atoms with Crippen molar-refractivity contribution in [1.82, 2.24) is 15.1 Å². The van der Waals surface area contributed by atoms with Gasteiger partial charge in [0.15, 0.2) is 0 Å². The quantitative estimate of drug-likeness (QED) is 0.556. The van der Waals surface area contributed by atoms with Crippen molar-refractivity contribution in [3.63, 3.8) is 0 Å². The van der Waals surface area contributed by atoms with Gasteiger partial charge in [-0.3, -0.25) is 14.5 Å². The fraction of sp³-hybridized carbons (Fsp3) is 0.524. The maximum atomic E-state index is 12.8. The van der Waals surface area contributed by atoms with E-state index in [-0.39, 0.29) is 11.8 Å². The Hall–Kier alpha value is -2.18. The minimum Gasteiger partial charge on any atom is -0.383 e. The molecule has 0 unspecified atom stereocenters. The summed E-state index contributed by atoms with van der Waals surface area (Å²) in [6.07, 6.45) is 4.27. The summed E-state index contributed by atoms with van der Waals surface area (Å²) in [5, 5.41) is 2.77. The highest BCUT2D eigenvalue weighted by Crippen LogP contribution is 2.20. The van der Waals surface area contributed by atoms with Crippen LogP contribution in [0.4, 0.5) is 0 Å². The number of carbonyl (C=O) groups excluding carboxylic acids is 2. The smallest absolute Gasteiger partial charge is 0.237 e. The number of nitrogens with one attached hydrogen (secondary N) is 1. The number of hydrogen-bond donors (Lipinski definition) is 1. The predicted molar refractivity (Wildman–Crippen MR) is 107 cm³/mol. The van der Waals surface area contributed by atoms with Gasteiger partial charge in [0, 0.05) is 46.4 Å². The molecule has 2 rings (SSSR count). The van der Waals surface area contributed by atoms with Crippen molar-refractivity contribution in [2.24, 2.45) is 5.41 Å². The molecule has 6 heteroatoms. The fourth-order valence-corrected chi connectivity index (χ4v) is 3.02. The van der Waals surface area contributed by atoms with E-state index in [0.717, 1.165) is 19.6 Å². The lowest BCUT2D eigenvalue weighted by molar-refractivity contribution is -0.149.